The molecule has 1 aromatic rings. The molecule has 1 rings (SSSR count). The van der Waals surface area contributed by atoms with Crippen molar-refractivity contribution < 1.29 is 0 Å². The lowest BCUT2D eigenvalue weighted by molar-refractivity contribution is 0.450. The van der Waals surface area contributed by atoms with Gasteiger partial charge in [0.15, 0.2) is 0 Å². The van der Waals surface area contributed by atoms with Crippen molar-refractivity contribution in [2.24, 2.45) is 11.7 Å². The molecule has 4 heteroatoms. The summed E-state index contributed by atoms with van der Waals surface area (Å²) in [4.78, 5) is 4.35. The van der Waals surface area contributed by atoms with E-state index in [1.54, 1.807) is 6.33 Å². The minimum atomic E-state index is 0.219. The number of nitrogens with two attached hydrogens (primary N) is 1. The molecule has 0 radical (unpaired) electrons. The molecule has 0 bridgehead atoms. The SMILES string of the molecule is CCCCCCCCC(N)Cc1ncnn1CC(C)C. The Balaban J connectivity index is 2.21. The van der Waals surface area contributed by atoms with E-state index in [0.717, 1.165) is 25.2 Å². The van der Waals surface area contributed by atoms with Gasteiger partial charge in [-0.05, 0) is 12.3 Å². The van der Waals surface area contributed by atoms with Crippen molar-refractivity contribution in [2.75, 3.05) is 0 Å². The Morgan fingerprint density at radius 1 is 1.15 bits per heavy atom. The van der Waals surface area contributed by atoms with Crippen LogP contribution in [-0.4, -0.2) is 20.8 Å². The zero-order valence-corrected chi connectivity index (χ0v) is 13.5. The summed E-state index contributed by atoms with van der Waals surface area (Å²) in [5.41, 5.74) is 6.22. The number of nitrogens with zero attached hydrogens (tertiary/aromatic N) is 3. The quantitative estimate of drug-likeness (QED) is 0.631. The fourth-order valence-corrected chi connectivity index (χ4v) is 2.47. The van der Waals surface area contributed by atoms with E-state index in [9.17, 15) is 0 Å². The third kappa shape index (κ3) is 7.04. The van der Waals surface area contributed by atoms with Gasteiger partial charge in [0.1, 0.15) is 12.2 Å². The smallest absolute Gasteiger partial charge is 0.138 e. The van der Waals surface area contributed by atoms with Crippen molar-refractivity contribution in [1.82, 2.24) is 14.8 Å². The highest BCUT2D eigenvalue weighted by atomic mass is 15.3. The van der Waals surface area contributed by atoms with E-state index in [-0.39, 0.29) is 6.04 Å². The third-order valence-corrected chi connectivity index (χ3v) is 3.61. The van der Waals surface area contributed by atoms with Gasteiger partial charge in [-0.15, -0.1) is 0 Å². The van der Waals surface area contributed by atoms with Crippen LogP contribution in [-0.2, 0) is 13.0 Å². The first-order chi connectivity index (χ1) is 9.63. The fraction of sp³-hybridized carbons (Fsp3) is 0.875. The molecule has 1 unspecified atom stereocenters. The molecule has 0 spiro atoms. The molecule has 1 aromatic heterocycles. The first-order valence-electron chi connectivity index (χ1n) is 8.25. The average Bonchev–Trinajstić information content (AvgIpc) is 2.80. The number of unbranched alkanes of at least 4 members (excludes halogenated alkanes) is 5. The molecule has 116 valence electrons. The number of rotatable bonds is 11. The van der Waals surface area contributed by atoms with E-state index < -0.39 is 0 Å². The summed E-state index contributed by atoms with van der Waals surface area (Å²) in [6.07, 6.45) is 11.5. The zero-order chi connectivity index (χ0) is 14.8. The minimum absolute atomic E-state index is 0.219. The summed E-state index contributed by atoms with van der Waals surface area (Å²) in [5.74, 6) is 1.63. The molecule has 0 saturated heterocycles. The van der Waals surface area contributed by atoms with Crippen molar-refractivity contribution in [3.8, 4) is 0 Å². The first-order valence-corrected chi connectivity index (χ1v) is 8.25. The van der Waals surface area contributed by atoms with E-state index in [1.165, 1.54) is 38.5 Å². The Morgan fingerprint density at radius 2 is 1.85 bits per heavy atom. The van der Waals surface area contributed by atoms with Crippen LogP contribution in [0.3, 0.4) is 0 Å². The van der Waals surface area contributed by atoms with Crippen LogP contribution in [0.25, 0.3) is 0 Å². The highest BCUT2D eigenvalue weighted by Gasteiger charge is 2.10. The molecular formula is C16H32N4. The topological polar surface area (TPSA) is 56.7 Å². The number of hydrogen-bond acceptors (Lipinski definition) is 3. The molecule has 2 N–H and O–H groups in total. The molecule has 0 amide bonds. The summed E-state index contributed by atoms with van der Waals surface area (Å²) in [6, 6.07) is 0.219. The fourth-order valence-electron chi connectivity index (χ4n) is 2.47. The van der Waals surface area contributed by atoms with Gasteiger partial charge >= 0.3 is 0 Å². The van der Waals surface area contributed by atoms with Gasteiger partial charge in [0.25, 0.3) is 0 Å². The normalized spacial score (nSPS) is 13.1. The van der Waals surface area contributed by atoms with E-state index in [4.69, 9.17) is 5.73 Å². The second-order valence-corrected chi connectivity index (χ2v) is 6.27. The van der Waals surface area contributed by atoms with Gasteiger partial charge in [-0.3, -0.25) is 0 Å². The van der Waals surface area contributed by atoms with E-state index in [0.29, 0.717) is 5.92 Å². The van der Waals surface area contributed by atoms with Crippen molar-refractivity contribution in [3.63, 3.8) is 0 Å². The molecule has 0 aliphatic rings. The Morgan fingerprint density at radius 3 is 2.55 bits per heavy atom. The lowest BCUT2D eigenvalue weighted by Crippen LogP contribution is -2.25. The van der Waals surface area contributed by atoms with E-state index >= 15 is 0 Å². The van der Waals surface area contributed by atoms with Crippen LogP contribution in [0, 0.1) is 5.92 Å². The maximum absolute atomic E-state index is 6.22. The van der Waals surface area contributed by atoms with Crippen LogP contribution < -0.4 is 5.73 Å². The molecule has 0 aromatic carbocycles. The van der Waals surface area contributed by atoms with Crippen LogP contribution in [0.5, 0.6) is 0 Å². The molecule has 0 fully saturated rings. The van der Waals surface area contributed by atoms with Gasteiger partial charge < -0.3 is 5.73 Å². The van der Waals surface area contributed by atoms with Gasteiger partial charge in [-0.2, -0.15) is 5.10 Å². The molecular weight excluding hydrogens is 248 g/mol. The summed E-state index contributed by atoms with van der Waals surface area (Å²) >= 11 is 0. The minimum Gasteiger partial charge on any atom is -0.327 e. The predicted molar refractivity (Wildman–Crippen MR) is 84.5 cm³/mol. The van der Waals surface area contributed by atoms with Crippen molar-refractivity contribution >= 4 is 0 Å². The molecule has 4 nitrogen and oxygen atoms in total. The second kappa shape index (κ2) is 9.92. The van der Waals surface area contributed by atoms with Gasteiger partial charge in [0.05, 0.1) is 0 Å². The molecule has 1 atom stereocenters. The lowest BCUT2D eigenvalue weighted by Gasteiger charge is -2.13. The van der Waals surface area contributed by atoms with Gasteiger partial charge in [0.2, 0.25) is 0 Å². The van der Waals surface area contributed by atoms with Crippen LogP contribution in [0.15, 0.2) is 6.33 Å². The highest BCUT2D eigenvalue weighted by Crippen LogP contribution is 2.10. The average molecular weight is 280 g/mol. The third-order valence-electron chi connectivity index (χ3n) is 3.61. The van der Waals surface area contributed by atoms with Crippen molar-refractivity contribution in [1.29, 1.82) is 0 Å². The Labute approximate surface area is 124 Å². The number of aromatic nitrogens is 3. The molecule has 0 aliphatic heterocycles. The summed E-state index contributed by atoms with van der Waals surface area (Å²) in [7, 11) is 0. The summed E-state index contributed by atoms with van der Waals surface area (Å²) in [6.45, 7) is 7.58. The summed E-state index contributed by atoms with van der Waals surface area (Å²) < 4.78 is 2.01. The highest BCUT2D eigenvalue weighted by molar-refractivity contribution is 4.89. The Bertz CT molecular complexity index is 346. The number of hydrogen-bond donors (Lipinski definition) is 1. The Kier molecular flexibility index (Phi) is 8.51. The summed E-state index contributed by atoms with van der Waals surface area (Å²) in [5, 5.41) is 4.29. The Hall–Kier alpha value is -0.900. The van der Waals surface area contributed by atoms with Crippen LogP contribution >= 0.6 is 0 Å². The predicted octanol–water partition coefficient (Wildman–Crippen LogP) is 3.55. The van der Waals surface area contributed by atoms with Gasteiger partial charge in [-0.1, -0.05) is 59.3 Å². The van der Waals surface area contributed by atoms with Crippen LogP contribution in [0.2, 0.25) is 0 Å². The second-order valence-electron chi connectivity index (χ2n) is 6.27. The van der Waals surface area contributed by atoms with Gasteiger partial charge in [-0.25, -0.2) is 9.67 Å². The largest absolute Gasteiger partial charge is 0.327 e. The molecule has 0 saturated carbocycles. The van der Waals surface area contributed by atoms with Gasteiger partial charge in [0, 0.05) is 19.0 Å². The zero-order valence-electron chi connectivity index (χ0n) is 13.5. The lowest BCUT2D eigenvalue weighted by atomic mass is 10.0. The molecule has 0 aliphatic carbocycles. The first kappa shape index (κ1) is 17.2. The molecule has 1 heterocycles. The van der Waals surface area contributed by atoms with Crippen molar-refractivity contribution in [2.45, 2.75) is 84.7 Å². The monoisotopic (exact) mass is 280 g/mol. The standard InChI is InChI=1S/C16H32N4/c1-4-5-6-7-8-9-10-15(17)11-16-18-13-19-20(16)12-14(2)3/h13-15H,4-12,17H2,1-3H3. The van der Waals surface area contributed by atoms with Crippen LogP contribution in [0.1, 0.15) is 71.5 Å². The van der Waals surface area contributed by atoms with Crippen molar-refractivity contribution in [3.05, 3.63) is 12.2 Å². The maximum atomic E-state index is 6.22. The van der Waals surface area contributed by atoms with Crippen LogP contribution in [0.4, 0.5) is 0 Å². The van der Waals surface area contributed by atoms with E-state index in [2.05, 4.69) is 30.9 Å². The maximum Gasteiger partial charge on any atom is 0.138 e. The van der Waals surface area contributed by atoms with E-state index in [1.807, 2.05) is 4.68 Å². The molecule has 20 heavy (non-hydrogen) atoms.